The number of aromatic nitrogens is 2. The van der Waals surface area contributed by atoms with Crippen molar-refractivity contribution < 1.29 is 14.6 Å². The average molecular weight is 260 g/mol. The molecule has 2 aromatic heterocycles. The molecule has 98 valence electrons. The minimum atomic E-state index is -1.12. The summed E-state index contributed by atoms with van der Waals surface area (Å²) < 4.78 is 6.38. The maximum absolute atomic E-state index is 11.7. The summed E-state index contributed by atoms with van der Waals surface area (Å²) in [6.45, 7) is 0.260. The predicted molar refractivity (Wildman–Crippen MR) is 67.6 cm³/mol. The fraction of sp³-hybridized carbons (Fsp3) is 0.154. The van der Waals surface area contributed by atoms with Crippen molar-refractivity contribution in [1.82, 2.24) is 9.55 Å². The Kier molecular flexibility index (Phi) is 3.61. The molecule has 0 aliphatic rings. The first-order valence-electron chi connectivity index (χ1n) is 5.54. The number of pyridine rings is 2. The van der Waals surface area contributed by atoms with Gasteiger partial charge in [0.25, 0.3) is 5.56 Å². The number of hydrogen-bond acceptors (Lipinski definition) is 4. The van der Waals surface area contributed by atoms with Crippen LogP contribution in [0.25, 0.3) is 0 Å². The van der Waals surface area contributed by atoms with E-state index in [-0.39, 0.29) is 17.7 Å². The highest BCUT2D eigenvalue weighted by atomic mass is 16.5. The van der Waals surface area contributed by atoms with Crippen LogP contribution in [0.4, 0.5) is 0 Å². The molecule has 0 saturated carbocycles. The Hall–Kier alpha value is -2.63. The Morgan fingerprint density at radius 3 is 2.84 bits per heavy atom. The zero-order chi connectivity index (χ0) is 13.8. The maximum atomic E-state index is 11.7. The van der Waals surface area contributed by atoms with E-state index in [4.69, 9.17) is 9.84 Å². The van der Waals surface area contributed by atoms with Gasteiger partial charge in [0.15, 0.2) is 0 Å². The van der Waals surface area contributed by atoms with Crippen molar-refractivity contribution in [1.29, 1.82) is 0 Å². The van der Waals surface area contributed by atoms with Crippen LogP contribution >= 0.6 is 0 Å². The predicted octanol–water partition coefficient (Wildman–Crippen LogP) is 0.998. The van der Waals surface area contributed by atoms with Gasteiger partial charge in [0, 0.05) is 18.3 Å². The Labute approximate surface area is 108 Å². The summed E-state index contributed by atoms with van der Waals surface area (Å²) in [7, 11) is 1.51. The van der Waals surface area contributed by atoms with Gasteiger partial charge in [-0.25, -0.2) is 9.78 Å². The molecule has 0 spiro atoms. The zero-order valence-electron chi connectivity index (χ0n) is 10.2. The van der Waals surface area contributed by atoms with E-state index in [2.05, 4.69) is 4.98 Å². The monoisotopic (exact) mass is 260 g/mol. The lowest BCUT2D eigenvalue weighted by molar-refractivity contribution is 0.0696. The molecule has 0 unspecified atom stereocenters. The molecule has 19 heavy (non-hydrogen) atoms. The molecular weight excluding hydrogens is 248 g/mol. The molecule has 0 radical (unpaired) electrons. The van der Waals surface area contributed by atoms with Crippen molar-refractivity contribution >= 4 is 5.97 Å². The van der Waals surface area contributed by atoms with E-state index in [1.807, 2.05) is 0 Å². The summed E-state index contributed by atoms with van der Waals surface area (Å²) in [6.07, 6.45) is 1.44. The van der Waals surface area contributed by atoms with Crippen LogP contribution in [0, 0.1) is 0 Å². The van der Waals surface area contributed by atoms with Gasteiger partial charge < -0.3 is 14.4 Å². The zero-order valence-corrected chi connectivity index (χ0v) is 10.2. The summed E-state index contributed by atoms with van der Waals surface area (Å²) in [5.74, 6) is -0.656. The number of rotatable bonds is 4. The number of methoxy groups -OCH3 is 1. The summed E-state index contributed by atoms with van der Waals surface area (Å²) in [5.41, 5.74) is 0.244. The first kappa shape index (κ1) is 12.8. The van der Waals surface area contributed by atoms with E-state index >= 15 is 0 Å². The molecule has 2 heterocycles. The summed E-state index contributed by atoms with van der Waals surface area (Å²) in [5, 5.41) is 8.78. The fourth-order valence-corrected chi connectivity index (χ4v) is 1.61. The quantitative estimate of drug-likeness (QED) is 0.886. The van der Waals surface area contributed by atoms with Gasteiger partial charge in [0.1, 0.15) is 0 Å². The van der Waals surface area contributed by atoms with Gasteiger partial charge in [-0.2, -0.15) is 0 Å². The first-order chi connectivity index (χ1) is 9.10. The van der Waals surface area contributed by atoms with Gasteiger partial charge in [0.2, 0.25) is 5.88 Å². The van der Waals surface area contributed by atoms with Crippen LogP contribution in [-0.2, 0) is 6.54 Å². The second kappa shape index (κ2) is 5.34. The molecular formula is C13H12N2O4. The second-order valence-electron chi connectivity index (χ2n) is 3.86. The Morgan fingerprint density at radius 2 is 2.21 bits per heavy atom. The molecule has 6 nitrogen and oxygen atoms in total. The topological polar surface area (TPSA) is 81.4 Å². The van der Waals surface area contributed by atoms with E-state index < -0.39 is 5.97 Å². The molecule has 2 aromatic rings. The van der Waals surface area contributed by atoms with E-state index in [1.165, 1.54) is 23.9 Å². The van der Waals surface area contributed by atoms with Crippen molar-refractivity contribution in [3.8, 4) is 5.88 Å². The van der Waals surface area contributed by atoms with E-state index in [9.17, 15) is 9.59 Å². The van der Waals surface area contributed by atoms with Crippen molar-refractivity contribution in [2.24, 2.45) is 0 Å². The number of carbonyl (C=O) groups is 1. The van der Waals surface area contributed by atoms with Crippen LogP contribution in [0.15, 0.2) is 41.3 Å². The Bertz CT molecular complexity index is 664. The van der Waals surface area contributed by atoms with Gasteiger partial charge >= 0.3 is 5.97 Å². The summed E-state index contributed by atoms with van der Waals surface area (Å²) in [6, 6.07) is 7.71. The van der Waals surface area contributed by atoms with Crippen LogP contribution in [0.3, 0.4) is 0 Å². The van der Waals surface area contributed by atoms with Crippen LogP contribution in [0.1, 0.15) is 16.1 Å². The average Bonchev–Trinajstić information content (AvgIpc) is 2.41. The molecule has 0 aliphatic carbocycles. The molecule has 0 saturated heterocycles. The first-order valence-corrected chi connectivity index (χ1v) is 5.54. The van der Waals surface area contributed by atoms with E-state index in [0.29, 0.717) is 11.6 Å². The van der Waals surface area contributed by atoms with E-state index in [1.54, 1.807) is 18.2 Å². The van der Waals surface area contributed by atoms with Gasteiger partial charge in [-0.15, -0.1) is 0 Å². The number of carboxylic acid groups (broad SMARTS) is 1. The smallest absolute Gasteiger partial charge is 0.335 e. The van der Waals surface area contributed by atoms with Crippen molar-refractivity contribution in [2.45, 2.75) is 6.54 Å². The van der Waals surface area contributed by atoms with E-state index in [0.717, 1.165) is 6.07 Å². The standard InChI is InChI=1S/C13H12N2O4/c1-19-11-4-2-3-10(14-11)8-15-6-5-9(13(17)18)7-12(15)16/h2-7H,8H2,1H3,(H,17,18). The minimum absolute atomic E-state index is 0.0279. The third-order valence-corrected chi connectivity index (χ3v) is 2.57. The molecule has 6 heteroatoms. The SMILES string of the molecule is COc1cccc(Cn2ccc(C(=O)O)cc2=O)n1. The maximum Gasteiger partial charge on any atom is 0.335 e. The molecule has 0 fully saturated rings. The number of hydrogen-bond donors (Lipinski definition) is 1. The molecule has 0 aliphatic heterocycles. The second-order valence-corrected chi connectivity index (χ2v) is 3.86. The Morgan fingerprint density at radius 1 is 1.42 bits per heavy atom. The van der Waals surface area contributed by atoms with Gasteiger partial charge in [0.05, 0.1) is 24.9 Å². The largest absolute Gasteiger partial charge is 0.481 e. The highest BCUT2D eigenvalue weighted by molar-refractivity contribution is 5.87. The highest BCUT2D eigenvalue weighted by Gasteiger charge is 2.06. The van der Waals surface area contributed by atoms with Crippen molar-refractivity contribution in [2.75, 3.05) is 7.11 Å². The molecule has 0 bridgehead atoms. The highest BCUT2D eigenvalue weighted by Crippen LogP contribution is 2.07. The van der Waals surface area contributed by atoms with Gasteiger partial charge in [-0.3, -0.25) is 4.79 Å². The number of ether oxygens (including phenoxy) is 1. The van der Waals surface area contributed by atoms with Gasteiger partial charge in [-0.1, -0.05) is 6.07 Å². The molecule has 1 N–H and O–H groups in total. The van der Waals surface area contributed by atoms with Crippen molar-refractivity contribution in [3.05, 3.63) is 58.1 Å². The van der Waals surface area contributed by atoms with Crippen LogP contribution in [0.5, 0.6) is 5.88 Å². The number of carboxylic acids is 1. The van der Waals surface area contributed by atoms with Gasteiger partial charge in [-0.05, 0) is 12.1 Å². The lowest BCUT2D eigenvalue weighted by atomic mass is 10.2. The minimum Gasteiger partial charge on any atom is -0.481 e. The lowest BCUT2D eigenvalue weighted by Gasteiger charge is -2.06. The molecule has 0 aromatic carbocycles. The molecule has 2 rings (SSSR count). The number of aromatic carboxylic acids is 1. The van der Waals surface area contributed by atoms with Crippen LogP contribution < -0.4 is 10.3 Å². The van der Waals surface area contributed by atoms with Crippen molar-refractivity contribution in [3.63, 3.8) is 0 Å². The number of nitrogens with zero attached hydrogens (tertiary/aromatic N) is 2. The third kappa shape index (κ3) is 2.98. The summed E-state index contributed by atoms with van der Waals surface area (Å²) >= 11 is 0. The van der Waals surface area contributed by atoms with Crippen LogP contribution in [0.2, 0.25) is 0 Å². The third-order valence-electron chi connectivity index (χ3n) is 2.57. The Balaban J connectivity index is 2.28. The van der Waals surface area contributed by atoms with Crippen LogP contribution in [-0.4, -0.2) is 27.7 Å². The summed E-state index contributed by atoms with van der Waals surface area (Å²) in [4.78, 5) is 26.7. The normalized spacial score (nSPS) is 10.2. The molecule has 0 atom stereocenters. The molecule has 0 amide bonds. The fourth-order valence-electron chi connectivity index (χ4n) is 1.61. The lowest BCUT2D eigenvalue weighted by Crippen LogP contribution is -2.21.